The Hall–Kier alpha value is -1.80. The normalized spacial score (nSPS) is 10.7. The van der Waals surface area contributed by atoms with Gasteiger partial charge in [-0.15, -0.1) is 5.10 Å². The zero-order chi connectivity index (χ0) is 15.0. The fourth-order valence-corrected chi connectivity index (χ4v) is 1.80. The van der Waals surface area contributed by atoms with Gasteiger partial charge >= 0.3 is 6.01 Å². The second-order valence-electron chi connectivity index (χ2n) is 3.54. The Morgan fingerprint density at radius 2 is 1.75 bits per heavy atom. The first-order chi connectivity index (χ1) is 9.32. The second kappa shape index (κ2) is 5.29. The van der Waals surface area contributed by atoms with Crippen molar-refractivity contribution < 1.29 is 22.4 Å². The molecule has 106 valence electrons. The molecule has 0 spiro atoms. The highest BCUT2D eigenvalue weighted by Gasteiger charge is 2.27. The van der Waals surface area contributed by atoms with Crippen molar-refractivity contribution in [1.82, 2.24) is 10.2 Å². The van der Waals surface area contributed by atoms with Crippen LogP contribution in [0, 0.1) is 17.5 Å². The Morgan fingerprint density at radius 1 is 1.10 bits per heavy atom. The molecule has 0 fully saturated rings. The van der Waals surface area contributed by atoms with E-state index in [0.717, 1.165) is 0 Å². The van der Waals surface area contributed by atoms with E-state index in [0.29, 0.717) is 0 Å². The average molecular weight is 326 g/mol. The predicted molar refractivity (Wildman–Crippen MR) is 63.9 cm³/mol. The topological polar surface area (TPSA) is 68.0 Å². The summed E-state index contributed by atoms with van der Waals surface area (Å²) >= 11 is 10.8. The van der Waals surface area contributed by atoms with Gasteiger partial charge in [0.05, 0.1) is 10.6 Å². The molecule has 0 bridgehead atoms. The van der Waals surface area contributed by atoms with Crippen LogP contribution in [-0.2, 0) is 4.79 Å². The van der Waals surface area contributed by atoms with Crippen LogP contribution in [0.2, 0.25) is 10.0 Å². The van der Waals surface area contributed by atoms with E-state index in [-0.39, 0.29) is 6.01 Å². The molecule has 0 aliphatic heterocycles. The first-order valence-electron chi connectivity index (χ1n) is 4.95. The van der Waals surface area contributed by atoms with Crippen LogP contribution >= 0.6 is 23.2 Å². The number of rotatable bonds is 2. The third-order valence-corrected chi connectivity index (χ3v) is 2.82. The lowest BCUT2D eigenvalue weighted by atomic mass is 10.2. The zero-order valence-electron chi connectivity index (χ0n) is 9.60. The molecule has 0 aliphatic rings. The molecule has 1 aromatic carbocycles. The van der Waals surface area contributed by atoms with Gasteiger partial charge in [-0.25, -0.2) is 13.2 Å². The van der Waals surface area contributed by atoms with E-state index in [1.165, 1.54) is 6.92 Å². The van der Waals surface area contributed by atoms with Gasteiger partial charge in [-0.05, 0) is 0 Å². The van der Waals surface area contributed by atoms with E-state index < -0.39 is 44.9 Å². The Bertz CT molecular complexity index is 676. The summed E-state index contributed by atoms with van der Waals surface area (Å²) in [5.74, 6) is -5.67. The number of benzene rings is 1. The Morgan fingerprint density at radius 3 is 2.35 bits per heavy atom. The SMILES string of the molecule is CC(=O)Nc1nnc(-c2c(F)c(F)c(Cl)c(F)c2Cl)o1. The van der Waals surface area contributed by atoms with Gasteiger partial charge in [-0.3, -0.25) is 10.1 Å². The quantitative estimate of drug-likeness (QED) is 0.678. The number of anilines is 1. The number of aromatic nitrogens is 2. The molecule has 0 saturated carbocycles. The molecule has 20 heavy (non-hydrogen) atoms. The number of carbonyl (C=O) groups is 1. The van der Waals surface area contributed by atoms with Crippen LogP contribution in [-0.4, -0.2) is 16.1 Å². The van der Waals surface area contributed by atoms with Crippen LogP contribution in [0.15, 0.2) is 4.42 Å². The molecule has 1 N–H and O–H groups in total. The number of nitrogens with one attached hydrogen (secondary N) is 1. The second-order valence-corrected chi connectivity index (χ2v) is 4.29. The summed E-state index contributed by atoms with van der Waals surface area (Å²) in [6.07, 6.45) is 0. The molecule has 2 rings (SSSR count). The molecule has 0 radical (unpaired) electrons. The van der Waals surface area contributed by atoms with Crippen molar-refractivity contribution in [2.75, 3.05) is 5.32 Å². The van der Waals surface area contributed by atoms with Crippen molar-refractivity contribution >= 4 is 35.1 Å². The Balaban J connectivity index is 2.58. The maximum absolute atomic E-state index is 13.7. The molecule has 1 heterocycles. The Labute approximate surface area is 119 Å². The van der Waals surface area contributed by atoms with Crippen molar-refractivity contribution in [2.24, 2.45) is 0 Å². The summed E-state index contributed by atoms with van der Waals surface area (Å²) in [6, 6.07) is -0.376. The van der Waals surface area contributed by atoms with Gasteiger partial charge in [0.1, 0.15) is 5.02 Å². The molecule has 1 amide bonds. The number of hydrogen-bond donors (Lipinski definition) is 1. The summed E-state index contributed by atoms with van der Waals surface area (Å²) < 4.78 is 45.4. The van der Waals surface area contributed by atoms with Gasteiger partial charge in [0, 0.05) is 6.92 Å². The van der Waals surface area contributed by atoms with E-state index in [1.807, 2.05) is 0 Å². The lowest BCUT2D eigenvalue weighted by Gasteiger charge is -2.06. The number of amides is 1. The molecular weight excluding hydrogens is 322 g/mol. The summed E-state index contributed by atoms with van der Waals surface area (Å²) in [5.41, 5.74) is -0.782. The zero-order valence-corrected chi connectivity index (χ0v) is 11.1. The highest BCUT2D eigenvalue weighted by Crippen LogP contribution is 2.38. The fourth-order valence-electron chi connectivity index (χ4n) is 1.32. The lowest BCUT2D eigenvalue weighted by molar-refractivity contribution is -0.114. The van der Waals surface area contributed by atoms with Crippen molar-refractivity contribution in [3.8, 4) is 11.5 Å². The van der Waals surface area contributed by atoms with E-state index in [4.69, 9.17) is 27.6 Å². The number of carbonyl (C=O) groups excluding carboxylic acids is 1. The first-order valence-corrected chi connectivity index (χ1v) is 5.71. The molecule has 2 aromatic rings. The van der Waals surface area contributed by atoms with Gasteiger partial charge in [0.2, 0.25) is 5.91 Å². The Kier molecular flexibility index (Phi) is 3.87. The van der Waals surface area contributed by atoms with Gasteiger partial charge in [0.15, 0.2) is 17.5 Å². The van der Waals surface area contributed by atoms with E-state index in [9.17, 15) is 18.0 Å². The van der Waals surface area contributed by atoms with E-state index >= 15 is 0 Å². The highest BCUT2D eigenvalue weighted by molar-refractivity contribution is 6.36. The van der Waals surface area contributed by atoms with E-state index in [2.05, 4.69) is 15.5 Å². The molecular formula is C10H4Cl2F3N3O2. The standard InChI is InChI=1S/C10H4Cl2F3N3O2/c1-2(19)16-10-18-17-9(20-10)3-4(11)7(14)5(12)8(15)6(3)13/h1H3,(H,16,18,19). The average Bonchev–Trinajstić information content (AvgIpc) is 2.81. The van der Waals surface area contributed by atoms with Crippen LogP contribution in [0.4, 0.5) is 19.2 Å². The van der Waals surface area contributed by atoms with E-state index in [1.54, 1.807) is 0 Å². The van der Waals surface area contributed by atoms with Crippen LogP contribution in [0.1, 0.15) is 6.92 Å². The number of hydrogen-bond acceptors (Lipinski definition) is 4. The van der Waals surface area contributed by atoms with Gasteiger partial charge < -0.3 is 4.42 Å². The van der Waals surface area contributed by atoms with Crippen LogP contribution < -0.4 is 5.32 Å². The molecule has 1 aromatic heterocycles. The van der Waals surface area contributed by atoms with Crippen molar-refractivity contribution in [1.29, 1.82) is 0 Å². The lowest BCUT2D eigenvalue weighted by Crippen LogP contribution is -2.05. The van der Waals surface area contributed by atoms with Gasteiger partial charge in [0.25, 0.3) is 5.89 Å². The minimum absolute atomic E-state index is 0.376. The van der Waals surface area contributed by atoms with Crippen molar-refractivity contribution in [3.05, 3.63) is 27.5 Å². The van der Waals surface area contributed by atoms with Crippen LogP contribution in [0.3, 0.4) is 0 Å². The molecule has 0 aliphatic carbocycles. The third kappa shape index (κ3) is 2.44. The molecule has 0 unspecified atom stereocenters. The monoisotopic (exact) mass is 325 g/mol. The van der Waals surface area contributed by atoms with Crippen molar-refractivity contribution in [2.45, 2.75) is 6.92 Å². The van der Waals surface area contributed by atoms with Crippen molar-refractivity contribution in [3.63, 3.8) is 0 Å². The smallest absolute Gasteiger partial charge is 0.322 e. The van der Waals surface area contributed by atoms with Gasteiger partial charge in [-0.2, -0.15) is 0 Å². The molecule has 10 heteroatoms. The fraction of sp³-hybridized carbons (Fsp3) is 0.100. The predicted octanol–water partition coefficient (Wildman–Crippen LogP) is 3.42. The number of nitrogens with zero attached hydrogens (tertiary/aromatic N) is 2. The number of halogens is 5. The minimum Gasteiger partial charge on any atom is -0.403 e. The molecule has 0 saturated heterocycles. The summed E-state index contributed by atoms with van der Waals surface area (Å²) in [6.45, 7) is 1.17. The molecule has 5 nitrogen and oxygen atoms in total. The molecule has 0 atom stereocenters. The first kappa shape index (κ1) is 14.6. The third-order valence-electron chi connectivity index (χ3n) is 2.13. The largest absolute Gasteiger partial charge is 0.403 e. The van der Waals surface area contributed by atoms with Crippen LogP contribution in [0.25, 0.3) is 11.5 Å². The summed E-state index contributed by atoms with van der Waals surface area (Å²) in [7, 11) is 0. The van der Waals surface area contributed by atoms with Crippen LogP contribution in [0.5, 0.6) is 0 Å². The summed E-state index contributed by atoms with van der Waals surface area (Å²) in [4.78, 5) is 10.8. The maximum Gasteiger partial charge on any atom is 0.322 e. The van der Waals surface area contributed by atoms with Gasteiger partial charge in [-0.1, -0.05) is 28.3 Å². The highest BCUT2D eigenvalue weighted by atomic mass is 35.5. The minimum atomic E-state index is -1.64. The summed E-state index contributed by atoms with van der Waals surface area (Å²) in [5, 5.41) is 6.90. The maximum atomic E-state index is 13.7.